The van der Waals surface area contributed by atoms with Crippen LogP contribution in [0.15, 0.2) is 21.1 Å². The van der Waals surface area contributed by atoms with Crippen molar-refractivity contribution >= 4 is 43.5 Å². The molecule has 1 aromatic carbocycles. The molecule has 0 aliphatic heterocycles. The number of halogens is 2. The van der Waals surface area contributed by atoms with Gasteiger partial charge in [0.2, 0.25) is 0 Å². The van der Waals surface area contributed by atoms with Gasteiger partial charge in [0.25, 0.3) is 0 Å². The molecule has 0 aliphatic rings. The van der Waals surface area contributed by atoms with Crippen LogP contribution in [-0.2, 0) is 4.74 Å². The Hall–Kier alpha value is -0.550. The van der Waals surface area contributed by atoms with Crippen molar-refractivity contribution in [3.05, 3.63) is 26.6 Å². The van der Waals surface area contributed by atoms with Gasteiger partial charge in [-0.1, -0.05) is 42.6 Å². The summed E-state index contributed by atoms with van der Waals surface area (Å²) in [4.78, 5) is 11.9. The Labute approximate surface area is 137 Å². The highest BCUT2D eigenvalue weighted by Gasteiger charge is 2.18. The average Bonchev–Trinajstić information content (AvgIpc) is 2.41. The number of ether oxygens (including phenoxy) is 1. The lowest BCUT2D eigenvalue weighted by Crippen LogP contribution is -2.21. The Kier molecular flexibility index (Phi) is 7.59. The van der Waals surface area contributed by atoms with Gasteiger partial charge in [-0.05, 0) is 40.9 Å². The maximum atomic E-state index is 11.9. The summed E-state index contributed by atoms with van der Waals surface area (Å²) in [5, 5.41) is 3.49. The van der Waals surface area contributed by atoms with Gasteiger partial charge >= 0.3 is 5.97 Å². The van der Waals surface area contributed by atoms with E-state index in [1.165, 1.54) is 7.11 Å². The Morgan fingerprint density at radius 1 is 1.25 bits per heavy atom. The predicted octanol–water partition coefficient (Wildman–Crippen LogP) is 5.38. The van der Waals surface area contributed by atoms with Crippen molar-refractivity contribution in [2.75, 3.05) is 12.4 Å². The summed E-state index contributed by atoms with van der Waals surface area (Å²) in [6.07, 6.45) is 4.38. The van der Waals surface area contributed by atoms with Crippen LogP contribution in [0.25, 0.3) is 0 Å². The van der Waals surface area contributed by atoms with Gasteiger partial charge in [0.15, 0.2) is 0 Å². The highest BCUT2D eigenvalue weighted by Crippen LogP contribution is 2.32. The zero-order valence-electron chi connectivity index (χ0n) is 12.1. The SMILES string of the molecule is CCCC(CCC)Nc1c(Br)cc(Br)cc1C(=O)OC. The minimum atomic E-state index is -0.332. The van der Waals surface area contributed by atoms with Crippen molar-refractivity contribution in [2.45, 2.75) is 45.6 Å². The molecular formula is C15H21Br2NO2. The summed E-state index contributed by atoms with van der Waals surface area (Å²) < 4.78 is 6.58. The Morgan fingerprint density at radius 2 is 1.85 bits per heavy atom. The Balaban J connectivity index is 3.11. The Morgan fingerprint density at radius 3 is 2.35 bits per heavy atom. The van der Waals surface area contributed by atoms with Gasteiger partial charge in [-0.15, -0.1) is 0 Å². The summed E-state index contributed by atoms with van der Waals surface area (Å²) in [7, 11) is 1.40. The number of rotatable bonds is 7. The van der Waals surface area contributed by atoms with E-state index >= 15 is 0 Å². The molecule has 1 aromatic rings. The van der Waals surface area contributed by atoms with Gasteiger partial charge in [-0.3, -0.25) is 0 Å². The number of methoxy groups -OCH3 is 1. The molecule has 1 N–H and O–H groups in total. The molecule has 0 unspecified atom stereocenters. The molecular weight excluding hydrogens is 386 g/mol. The maximum Gasteiger partial charge on any atom is 0.340 e. The number of hydrogen-bond acceptors (Lipinski definition) is 3. The van der Waals surface area contributed by atoms with Crippen LogP contribution in [0.5, 0.6) is 0 Å². The second kappa shape index (κ2) is 8.67. The highest BCUT2D eigenvalue weighted by molar-refractivity contribution is 9.11. The van der Waals surface area contributed by atoms with Crippen LogP contribution in [0.3, 0.4) is 0 Å². The molecule has 112 valence electrons. The van der Waals surface area contributed by atoms with E-state index in [2.05, 4.69) is 51.0 Å². The summed E-state index contributed by atoms with van der Waals surface area (Å²) in [6, 6.07) is 4.09. The number of carbonyl (C=O) groups excluding carboxylic acids is 1. The lowest BCUT2D eigenvalue weighted by molar-refractivity contribution is 0.0601. The first-order valence-electron chi connectivity index (χ1n) is 6.87. The summed E-state index contributed by atoms with van der Waals surface area (Å²) in [6.45, 7) is 4.34. The minimum Gasteiger partial charge on any atom is -0.465 e. The van der Waals surface area contributed by atoms with E-state index in [1.807, 2.05) is 6.07 Å². The summed E-state index contributed by atoms with van der Waals surface area (Å²) in [5.41, 5.74) is 1.36. The molecule has 0 atom stereocenters. The lowest BCUT2D eigenvalue weighted by Gasteiger charge is -2.21. The average molecular weight is 407 g/mol. The van der Waals surface area contributed by atoms with E-state index in [-0.39, 0.29) is 5.97 Å². The molecule has 0 spiro atoms. The van der Waals surface area contributed by atoms with E-state index in [0.29, 0.717) is 11.6 Å². The fraction of sp³-hybridized carbons (Fsp3) is 0.533. The quantitative estimate of drug-likeness (QED) is 0.617. The van der Waals surface area contributed by atoms with Gasteiger partial charge in [0.1, 0.15) is 0 Å². The van der Waals surface area contributed by atoms with E-state index < -0.39 is 0 Å². The molecule has 0 saturated carbocycles. The van der Waals surface area contributed by atoms with Crippen LogP contribution < -0.4 is 5.32 Å². The fourth-order valence-corrected chi connectivity index (χ4v) is 3.52. The fourth-order valence-electron chi connectivity index (χ4n) is 2.18. The normalized spacial score (nSPS) is 10.7. The molecule has 0 fully saturated rings. The van der Waals surface area contributed by atoms with Crippen molar-refractivity contribution in [2.24, 2.45) is 0 Å². The summed E-state index contributed by atoms with van der Waals surface area (Å²) >= 11 is 6.93. The van der Waals surface area contributed by atoms with Crippen molar-refractivity contribution in [1.82, 2.24) is 0 Å². The maximum absolute atomic E-state index is 11.9. The molecule has 0 aliphatic carbocycles. The van der Waals surface area contributed by atoms with Crippen LogP contribution in [0.4, 0.5) is 5.69 Å². The highest BCUT2D eigenvalue weighted by atomic mass is 79.9. The smallest absolute Gasteiger partial charge is 0.340 e. The van der Waals surface area contributed by atoms with Crippen LogP contribution in [0, 0.1) is 0 Å². The van der Waals surface area contributed by atoms with Gasteiger partial charge in [-0.2, -0.15) is 0 Å². The summed E-state index contributed by atoms with van der Waals surface area (Å²) in [5.74, 6) is -0.332. The molecule has 3 nitrogen and oxygen atoms in total. The van der Waals surface area contributed by atoms with Gasteiger partial charge in [-0.25, -0.2) is 4.79 Å². The zero-order valence-corrected chi connectivity index (χ0v) is 15.3. The predicted molar refractivity (Wildman–Crippen MR) is 90.4 cm³/mol. The second-order valence-corrected chi connectivity index (χ2v) is 6.49. The standard InChI is InChI=1S/C15H21Br2NO2/c1-4-6-11(7-5-2)18-14-12(15(19)20-3)8-10(16)9-13(14)17/h8-9,11,18H,4-7H2,1-3H3. The number of hydrogen-bond donors (Lipinski definition) is 1. The van der Waals surface area contributed by atoms with E-state index in [4.69, 9.17) is 4.74 Å². The minimum absolute atomic E-state index is 0.332. The molecule has 0 aromatic heterocycles. The van der Waals surface area contributed by atoms with Crippen LogP contribution >= 0.6 is 31.9 Å². The molecule has 20 heavy (non-hydrogen) atoms. The number of esters is 1. The molecule has 1 rings (SSSR count). The van der Waals surface area contributed by atoms with Gasteiger partial charge in [0.05, 0.1) is 18.4 Å². The number of carbonyl (C=O) groups is 1. The molecule has 0 bridgehead atoms. The van der Waals surface area contributed by atoms with Crippen LogP contribution in [0.2, 0.25) is 0 Å². The molecule has 0 saturated heterocycles. The number of benzene rings is 1. The van der Waals surface area contributed by atoms with Gasteiger partial charge in [0, 0.05) is 15.0 Å². The van der Waals surface area contributed by atoms with Crippen LogP contribution in [-0.4, -0.2) is 19.1 Å². The largest absolute Gasteiger partial charge is 0.465 e. The van der Waals surface area contributed by atoms with E-state index in [0.717, 1.165) is 40.3 Å². The third kappa shape index (κ3) is 4.77. The molecule has 0 heterocycles. The second-order valence-electron chi connectivity index (χ2n) is 4.72. The number of anilines is 1. The number of nitrogens with one attached hydrogen (secondary N) is 1. The van der Waals surface area contributed by atoms with Crippen molar-refractivity contribution < 1.29 is 9.53 Å². The first-order chi connectivity index (χ1) is 9.53. The van der Waals surface area contributed by atoms with Gasteiger partial charge < -0.3 is 10.1 Å². The topological polar surface area (TPSA) is 38.3 Å². The molecule has 0 radical (unpaired) electrons. The Bertz CT molecular complexity index is 457. The van der Waals surface area contributed by atoms with Crippen LogP contribution in [0.1, 0.15) is 49.9 Å². The third-order valence-corrected chi connectivity index (χ3v) is 4.17. The van der Waals surface area contributed by atoms with E-state index in [1.54, 1.807) is 6.07 Å². The van der Waals surface area contributed by atoms with Crippen molar-refractivity contribution in [3.8, 4) is 0 Å². The van der Waals surface area contributed by atoms with Crippen molar-refractivity contribution in [1.29, 1.82) is 0 Å². The third-order valence-electron chi connectivity index (χ3n) is 3.08. The first-order valence-corrected chi connectivity index (χ1v) is 8.45. The lowest BCUT2D eigenvalue weighted by atomic mass is 10.1. The van der Waals surface area contributed by atoms with E-state index in [9.17, 15) is 4.79 Å². The monoisotopic (exact) mass is 405 g/mol. The molecule has 5 heteroatoms. The zero-order chi connectivity index (χ0) is 15.1. The van der Waals surface area contributed by atoms with Crippen molar-refractivity contribution in [3.63, 3.8) is 0 Å². The first kappa shape index (κ1) is 17.5. The molecule has 0 amide bonds.